The van der Waals surface area contributed by atoms with Crippen LogP contribution in [0.15, 0.2) is 59.1 Å². The number of anilines is 1. The number of aliphatic hydroxyl groups is 3. The minimum Gasteiger partial charge on any atom is -0.510 e. The van der Waals surface area contributed by atoms with Crippen molar-refractivity contribution in [1.82, 2.24) is 4.90 Å². The molecule has 46 heavy (non-hydrogen) atoms. The Kier molecular flexibility index (Phi) is 7.86. The number of hydrogen-bond acceptors (Lipinski definition) is 10. The fourth-order valence-electron chi connectivity index (χ4n) is 6.82. The van der Waals surface area contributed by atoms with E-state index in [1.165, 1.54) is 44.1 Å². The average molecular weight is 666 g/mol. The van der Waals surface area contributed by atoms with Crippen molar-refractivity contribution in [3.8, 4) is 5.75 Å². The van der Waals surface area contributed by atoms with E-state index in [4.69, 9.17) is 22.1 Å². The molecule has 5 rings (SSSR count). The molecule has 0 aliphatic heterocycles. The number of carbonyl (C=O) groups is 4. The molecule has 12 nitrogen and oxygen atoms in total. The molecule has 2 aromatic rings. The molecule has 244 valence electrons. The number of benzene rings is 2. The number of alkyl halides is 3. The fraction of sp³-hybridized carbons (Fsp3) is 0.333. The van der Waals surface area contributed by atoms with Gasteiger partial charge in [-0.1, -0.05) is 30.7 Å². The van der Waals surface area contributed by atoms with E-state index in [-0.39, 0.29) is 16.1 Å². The number of rotatable bonds is 4. The van der Waals surface area contributed by atoms with Crippen LogP contribution in [0.4, 0.5) is 23.7 Å². The van der Waals surface area contributed by atoms with Crippen LogP contribution in [0.3, 0.4) is 0 Å². The molecule has 0 fully saturated rings. The lowest BCUT2D eigenvalue weighted by atomic mass is 9.55. The number of halogens is 4. The molecule has 0 bridgehead atoms. The van der Waals surface area contributed by atoms with Crippen LogP contribution in [0.5, 0.6) is 5.75 Å². The molecule has 2 aromatic carbocycles. The standard InChI is InChI=1S/C30H27ClF3N3O9/c1-10-12-5-4-6-15(38)17(12)22(39)18-16(10)24(46-28(44)36-14-8-7-11(31)9-13(14)30(32,33)34)20-21(37(2)3)23(40)19(27(35)43)26(42)29(20,45)25(18)41/h4-10,16,20-21,24,38,40-41,45H,1-3H3,(H2,35,43)(H,36,44)/t10-,16+,20+,21-,24-,29-/m0/s1. The van der Waals surface area contributed by atoms with Crippen LogP contribution in [0.2, 0.25) is 5.02 Å². The molecule has 7 N–H and O–H groups in total. The highest BCUT2D eigenvalue weighted by molar-refractivity contribution is 6.30. The lowest BCUT2D eigenvalue weighted by Gasteiger charge is -2.54. The number of nitrogens with zero attached hydrogens (tertiary/aromatic N) is 1. The number of phenolic OH excluding ortho intramolecular Hbond substituents is 1. The summed E-state index contributed by atoms with van der Waals surface area (Å²) in [4.78, 5) is 54.6. The molecule has 3 aliphatic carbocycles. The normalized spacial score (nSPS) is 27.6. The van der Waals surface area contributed by atoms with E-state index >= 15 is 0 Å². The van der Waals surface area contributed by atoms with E-state index < -0.39 is 105 Å². The zero-order chi connectivity index (χ0) is 34.2. The summed E-state index contributed by atoms with van der Waals surface area (Å²) >= 11 is 5.74. The van der Waals surface area contributed by atoms with Crippen LogP contribution in [-0.2, 0) is 20.5 Å². The van der Waals surface area contributed by atoms with Gasteiger partial charge < -0.3 is 30.9 Å². The van der Waals surface area contributed by atoms with Gasteiger partial charge in [-0.25, -0.2) is 4.79 Å². The van der Waals surface area contributed by atoms with Gasteiger partial charge in [0.25, 0.3) is 5.91 Å². The SMILES string of the molecule is C[C@H]1c2cccc(O)c2C(=O)C2=C(O)[C@]3(O)C(=O)C(C(N)=O)=C(O)[C@@H](N(C)C)[C@@H]3[C@@H](OC(=O)Nc3ccc(Cl)cc3C(F)(F)F)[C@@H]21. The molecule has 0 heterocycles. The number of aromatic hydroxyl groups is 1. The number of ketones is 2. The van der Waals surface area contributed by atoms with Gasteiger partial charge in [0.05, 0.1) is 28.8 Å². The van der Waals surface area contributed by atoms with Gasteiger partial charge in [0.1, 0.15) is 28.9 Å². The maximum Gasteiger partial charge on any atom is 0.418 e. The number of carbonyl (C=O) groups excluding carboxylic acids is 4. The van der Waals surface area contributed by atoms with Crippen molar-refractivity contribution in [3.63, 3.8) is 0 Å². The first-order valence-corrected chi connectivity index (χ1v) is 14.0. The number of aliphatic hydroxyl groups excluding tert-OH is 2. The van der Waals surface area contributed by atoms with Gasteiger partial charge in [-0.2, -0.15) is 13.2 Å². The molecule has 16 heteroatoms. The number of Topliss-reactive ketones (excluding diaryl/α,β-unsaturated/α-hetero) is 2. The zero-order valence-corrected chi connectivity index (χ0v) is 25.0. The van der Waals surface area contributed by atoms with Gasteiger partial charge in [0, 0.05) is 16.5 Å². The van der Waals surface area contributed by atoms with Crippen LogP contribution in [0.25, 0.3) is 0 Å². The van der Waals surface area contributed by atoms with E-state index in [9.17, 15) is 52.8 Å². The van der Waals surface area contributed by atoms with Gasteiger partial charge in [-0.05, 0) is 49.8 Å². The first-order chi connectivity index (χ1) is 21.3. The highest BCUT2D eigenvalue weighted by atomic mass is 35.5. The van der Waals surface area contributed by atoms with Gasteiger partial charge in [-0.3, -0.25) is 24.6 Å². The second-order valence-corrected chi connectivity index (χ2v) is 11.9. The summed E-state index contributed by atoms with van der Waals surface area (Å²) in [5.41, 5.74) is -1.77. The molecule has 0 spiro atoms. The second kappa shape index (κ2) is 11.0. The van der Waals surface area contributed by atoms with Gasteiger partial charge in [0.15, 0.2) is 11.4 Å². The molecular formula is C30H27ClF3N3O9. The minimum atomic E-state index is -4.97. The monoisotopic (exact) mass is 665 g/mol. The maximum atomic E-state index is 13.9. The van der Waals surface area contributed by atoms with Crippen molar-refractivity contribution < 1.29 is 57.5 Å². The number of hydrogen-bond donors (Lipinski definition) is 6. The third-order valence-electron chi connectivity index (χ3n) is 8.73. The molecule has 0 radical (unpaired) electrons. The third kappa shape index (κ3) is 4.77. The van der Waals surface area contributed by atoms with Crippen LogP contribution in [0.1, 0.15) is 34.3 Å². The highest BCUT2D eigenvalue weighted by Crippen LogP contribution is 2.56. The Morgan fingerprint density at radius 3 is 2.35 bits per heavy atom. The Labute approximate surface area is 263 Å². The van der Waals surface area contributed by atoms with E-state index in [1.807, 2.05) is 5.32 Å². The summed E-state index contributed by atoms with van der Waals surface area (Å²) < 4.78 is 47.0. The van der Waals surface area contributed by atoms with E-state index in [1.54, 1.807) is 0 Å². The van der Waals surface area contributed by atoms with Crippen molar-refractivity contribution in [2.45, 2.75) is 36.8 Å². The van der Waals surface area contributed by atoms with Crippen molar-refractivity contribution in [1.29, 1.82) is 0 Å². The van der Waals surface area contributed by atoms with E-state index in [0.29, 0.717) is 6.07 Å². The van der Waals surface area contributed by atoms with Crippen molar-refractivity contribution in [3.05, 3.63) is 80.8 Å². The summed E-state index contributed by atoms with van der Waals surface area (Å²) in [6.45, 7) is 1.53. The fourth-order valence-corrected chi connectivity index (χ4v) is 6.99. The Balaban J connectivity index is 1.74. The van der Waals surface area contributed by atoms with E-state index in [0.717, 1.165) is 12.1 Å². The summed E-state index contributed by atoms with van der Waals surface area (Å²) in [5.74, 6) is -11.0. The van der Waals surface area contributed by atoms with Crippen LogP contribution in [-0.4, -0.2) is 80.7 Å². The van der Waals surface area contributed by atoms with Crippen LogP contribution in [0, 0.1) is 11.8 Å². The number of phenols is 1. The van der Waals surface area contributed by atoms with Crippen molar-refractivity contribution >= 4 is 40.9 Å². The van der Waals surface area contributed by atoms with Gasteiger partial charge in [-0.15, -0.1) is 0 Å². The first kappa shape index (κ1) is 32.8. The van der Waals surface area contributed by atoms with Crippen molar-refractivity contribution in [2.75, 3.05) is 19.4 Å². The molecule has 3 aliphatic rings. The molecule has 6 atom stereocenters. The number of amides is 2. The number of nitrogens with two attached hydrogens (primary N) is 1. The Bertz CT molecular complexity index is 1770. The maximum absolute atomic E-state index is 13.9. The van der Waals surface area contributed by atoms with Gasteiger partial charge in [0.2, 0.25) is 5.78 Å². The highest BCUT2D eigenvalue weighted by Gasteiger charge is 2.68. The summed E-state index contributed by atoms with van der Waals surface area (Å²) in [7, 11) is 2.71. The van der Waals surface area contributed by atoms with E-state index in [2.05, 4.69) is 0 Å². The summed E-state index contributed by atoms with van der Waals surface area (Å²) in [5, 5.41) is 47.1. The molecular weight excluding hydrogens is 639 g/mol. The van der Waals surface area contributed by atoms with Crippen molar-refractivity contribution in [2.24, 2.45) is 17.6 Å². The molecule has 0 aromatic heterocycles. The lowest BCUT2D eigenvalue weighted by Crippen LogP contribution is -2.69. The first-order valence-electron chi connectivity index (χ1n) is 13.6. The summed E-state index contributed by atoms with van der Waals surface area (Å²) in [6.07, 6.45) is -8.35. The predicted octanol–water partition coefficient (Wildman–Crippen LogP) is 3.58. The number of nitrogens with one attached hydrogen (secondary N) is 1. The number of ether oxygens (including phenoxy) is 1. The molecule has 2 amide bonds. The largest absolute Gasteiger partial charge is 0.510 e. The Hall–Kier alpha value is -4.60. The van der Waals surface area contributed by atoms with Crippen LogP contribution < -0.4 is 11.1 Å². The van der Waals surface area contributed by atoms with Crippen LogP contribution >= 0.6 is 11.6 Å². The average Bonchev–Trinajstić information content (AvgIpc) is 2.94. The number of fused-ring (bicyclic) bond motifs is 3. The lowest BCUT2D eigenvalue weighted by molar-refractivity contribution is -0.162. The quantitative estimate of drug-likeness (QED) is 0.262. The van der Waals surface area contributed by atoms with Gasteiger partial charge >= 0.3 is 12.3 Å². The predicted molar refractivity (Wildman–Crippen MR) is 154 cm³/mol. The smallest absolute Gasteiger partial charge is 0.418 e. The molecule has 0 unspecified atom stereocenters. The second-order valence-electron chi connectivity index (χ2n) is 11.5. The third-order valence-corrected chi connectivity index (χ3v) is 8.97. The molecule has 0 saturated carbocycles. The number of likely N-dealkylation sites (N-methyl/N-ethyl adjacent to an activating group) is 1. The topological polar surface area (TPSA) is 200 Å². The zero-order valence-electron chi connectivity index (χ0n) is 24.2. The minimum absolute atomic E-state index is 0.226. The molecule has 0 saturated heterocycles. The Morgan fingerprint density at radius 1 is 1.11 bits per heavy atom. The summed E-state index contributed by atoms with van der Waals surface area (Å²) in [6, 6.07) is 5.02. The number of primary amides is 1. The Morgan fingerprint density at radius 2 is 1.76 bits per heavy atom.